The van der Waals surface area contributed by atoms with Crippen molar-refractivity contribution in [1.82, 2.24) is 9.97 Å². The highest BCUT2D eigenvalue weighted by atomic mass is 16.5. The Hall–Kier alpha value is -1.84. The van der Waals surface area contributed by atoms with Crippen molar-refractivity contribution in [2.75, 3.05) is 0 Å². The average Bonchev–Trinajstić information content (AvgIpc) is 2.70. The van der Waals surface area contributed by atoms with Crippen LogP contribution in [0.3, 0.4) is 0 Å². The standard InChI is InChI=1S/C12H14N2O2/c1-2-3-6-11(15)16-10-8-14-12-9(10)5-4-7-13-12/h4-5,7-8H,2-3,6H2,1H3,(H,13,14). The van der Waals surface area contributed by atoms with Crippen LogP contribution >= 0.6 is 0 Å². The summed E-state index contributed by atoms with van der Waals surface area (Å²) in [6.45, 7) is 2.04. The first-order valence-electron chi connectivity index (χ1n) is 5.44. The molecule has 0 aliphatic rings. The van der Waals surface area contributed by atoms with Crippen LogP contribution in [0.5, 0.6) is 5.75 Å². The lowest BCUT2D eigenvalue weighted by Crippen LogP contribution is -2.06. The van der Waals surface area contributed by atoms with E-state index in [1.165, 1.54) is 0 Å². The molecule has 0 radical (unpaired) electrons. The summed E-state index contributed by atoms with van der Waals surface area (Å²) in [6.07, 6.45) is 5.68. The normalized spacial score (nSPS) is 10.6. The van der Waals surface area contributed by atoms with Crippen LogP contribution in [0.25, 0.3) is 11.0 Å². The summed E-state index contributed by atoms with van der Waals surface area (Å²) in [4.78, 5) is 18.5. The van der Waals surface area contributed by atoms with Gasteiger partial charge in [-0.2, -0.15) is 0 Å². The number of hydrogen-bond donors (Lipinski definition) is 1. The van der Waals surface area contributed by atoms with E-state index in [0.29, 0.717) is 12.2 Å². The number of pyridine rings is 1. The molecule has 16 heavy (non-hydrogen) atoms. The number of hydrogen-bond acceptors (Lipinski definition) is 3. The van der Waals surface area contributed by atoms with Gasteiger partial charge in [-0.1, -0.05) is 13.3 Å². The highest BCUT2D eigenvalue weighted by molar-refractivity contribution is 5.86. The summed E-state index contributed by atoms with van der Waals surface area (Å²) >= 11 is 0. The van der Waals surface area contributed by atoms with Crippen molar-refractivity contribution in [3.05, 3.63) is 24.5 Å². The molecule has 0 aliphatic heterocycles. The summed E-state index contributed by atoms with van der Waals surface area (Å²) in [5.74, 6) is 0.371. The zero-order valence-corrected chi connectivity index (χ0v) is 9.19. The molecule has 2 heterocycles. The second kappa shape index (κ2) is 4.79. The van der Waals surface area contributed by atoms with Gasteiger partial charge in [-0.3, -0.25) is 4.79 Å². The Morgan fingerprint density at radius 3 is 3.25 bits per heavy atom. The van der Waals surface area contributed by atoms with Gasteiger partial charge in [0.25, 0.3) is 0 Å². The van der Waals surface area contributed by atoms with Crippen LogP contribution in [0.4, 0.5) is 0 Å². The fourth-order valence-corrected chi connectivity index (χ4v) is 1.51. The number of fused-ring (bicyclic) bond motifs is 1. The molecule has 4 heteroatoms. The summed E-state index contributed by atoms with van der Waals surface area (Å²) < 4.78 is 5.26. The molecule has 0 spiro atoms. The van der Waals surface area contributed by atoms with E-state index < -0.39 is 0 Å². The second-order valence-corrected chi connectivity index (χ2v) is 3.63. The second-order valence-electron chi connectivity index (χ2n) is 3.63. The van der Waals surface area contributed by atoms with E-state index in [0.717, 1.165) is 23.9 Å². The summed E-state index contributed by atoms with van der Waals surface area (Å²) in [7, 11) is 0. The highest BCUT2D eigenvalue weighted by Crippen LogP contribution is 2.23. The third-order valence-corrected chi connectivity index (χ3v) is 2.37. The molecule has 0 atom stereocenters. The van der Waals surface area contributed by atoms with Gasteiger partial charge in [-0.15, -0.1) is 0 Å². The lowest BCUT2D eigenvalue weighted by molar-refractivity contribution is -0.134. The number of unbranched alkanes of at least 4 members (excludes halogenated alkanes) is 1. The minimum atomic E-state index is -0.188. The number of esters is 1. The zero-order chi connectivity index (χ0) is 11.4. The number of nitrogens with zero attached hydrogens (tertiary/aromatic N) is 1. The van der Waals surface area contributed by atoms with Crippen molar-refractivity contribution < 1.29 is 9.53 Å². The SMILES string of the molecule is CCCCC(=O)Oc1c[nH]c2ncccc12. The first kappa shape index (κ1) is 10.7. The number of H-pyrrole nitrogens is 1. The lowest BCUT2D eigenvalue weighted by Gasteiger charge is -2.01. The van der Waals surface area contributed by atoms with Gasteiger partial charge in [0.15, 0.2) is 5.75 Å². The quantitative estimate of drug-likeness (QED) is 0.802. The molecule has 2 aromatic heterocycles. The maximum Gasteiger partial charge on any atom is 0.311 e. The minimum Gasteiger partial charge on any atom is -0.424 e. The summed E-state index contributed by atoms with van der Waals surface area (Å²) in [5, 5.41) is 0.840. The molecule has 0 unspecified atom stereocenters. The Morgan fingerprint density at radius 1 is 1.56 bits per heavy atom. The number of nitrogens with one attached hydrogen (secondary N) is 1. The van der Waals surface area contributed by atoms with Gasteiger partial charge in [-0.05, 0) is 18.6 Å². The number of carbonyl (C=O) groups is 1. The van der Waals surface area contributed by atoms with E-state index in [1.54, 1.807) is 12.4 Å². The van der Waals surface area contributed by atoms with Gasteiger partial charge in [0.1, 0.15) is 5.65 Å². The van der Waals surface area contributed by atoms with Crippen LogP contribution in [0.2, 0.25) is 0 Å². The van der Waals surface area contributed by atoms with Crippen molar-refractivity contribution in [1.29, 1.82) is 0 Å². The number of ether oxygens (including phenoxy) is 1. The van der Waals surface area contributed by atoms with Crippen molar-refractivity contribution in [2.45, 2.75) is 26.2 Å². The molecule has 0 bridgehead atoms. The highest BCUT2D eigenvalue weighted by Gasteiger charge is 2.09. The van der Waals surface area contributed by atoms with Gasteiger partial charge < -0.3 is 9.72 Å². The Kier molecular flexibility index (Phi) is 3.19. The van der Waals surface area contributed by atoms with Crippen LogP contribution in [0, 0.1) is 0 Å². The average molecular weight is 218 g/mol. The van der Waals surface area contributed by atoms with E-state index in [4.69, 9.17) is 4.74 Å². The molecule has 0 aromatic carbocycles. The lowest BCUT2D eigenvalue weighted by atomic mass is 10.2. The fourth-order valence-electron chi connectivity index (χ4n) is 1.51. The number of aromatic nitrogens is 2. The number of rotatable bonds is 4. The molecule has 4 nitrogen and oxygen atoms in total. The Balaban J connectivity index is 2.12. The van der Waals surface area contributed by atoms with E-state index in [9.17, 15) is 4.79 Å². The van der Waals surface area contributed by atoms with Crippen LogP contribution in [-0.4, -0.2) is 15.9 Å². The molecule has 0 fully saturated rings. The topological polar surface area (TPSA) is 55.0 Å². The number of carbonyl (C=O) groups excluding carboxylic acids is 1. The molecule has 2 rings (SSSR count). The number of aromatic amines is 1. The first-order chi connectivity index (χ1) is 7.81. The molecular formula is C12H14N2O2. The zero-order valence-electron chi connectivity index (χ0n) is 9.19. The predicted octanol–water partition coefficient (Wildman–Crippen LogP) is 2.66. The molecule has 1 N–H and O–H groups in total. The largest absolute Gasteiger partial charge is 0.424 e. The smallest absolute Gasteiger partial charge is 0.311 e. The predicted molar refractivity (Wildman–Crippen MR) is 61.3 cm³/mol. The van der Waals surface area contributed by atoms with Crippen LogP contribution in [-0.2, 0) is 4.79 Å². The fraction of sp³-hybridized carbons (Fsp3) is 0.333. The van der Waals surface area contributed by atoms with Crippen LogP contribution < -0.4 is 4.74 Å². The van der Waals surface area contributed by atoms with Gasteiger partial charge in [0.05, 0.1) is 5.39 Å². The summed E-state index contributed by atoms with van der Waals surface area (Å²) in [5.41, 5.74) is 0.737. The van der Waals surface area contributed by atoms with E-state index in [-0.39, 0.29) is 5.97 Å². The molecule has 2 aromatic rings. The van der Waals surface area contributed by atoms with Crippen molar-refractivity contribution in [3.63, 3.8) is 0 Å². The van der Waals surface area contributed by atoms with Crippen molar-refractivity contribution >= 4 is 17.0 Å². The monoisotopic (exact) mass is 218 g/mol. The maximum absolute atomic E-state index is 11.5. The third kappa shape index (κ3) is 2.21. The van der Waals surface area contributed by atoms with Gasteiger partial charge in [-0.25, -0.2) is 4.98 Å². The van der Waals surface area contributed by atoms with Crippen LogP contribution in [0.1, 0.15) is 26.2 Å². The van der Waals surface area contributed by atoms with E-state index in [1.807, 2.05) is 19.1 Å². The van der Waals surface area contributed by atoms with Gasteiger partial charge in [0, 0.05) is 18.8 Å². The van der Waals surface area contributed by atoms with Crippen LogP contribution in [0.15, 0.2) is 24.5 Å². The summed E-state index contributed by atoms with van der Waals surface area (Å²) in [6, 6.07) is 3.70. The van der Waals surface area contributed by atoms with E-state index in [2.05, 4.69) is 9.97 Å². The first-order valence-corrected chi connectivity index (χ1v) is 5.44. The maximum atomic E-state index is 11.5. The molecule has 0 saturated heterocycles. The van der Waals surface area contributed by atoms with E-state index >= 15 is 0 Å². The molecule has 84 valence electrons. The molecule has 0 aliphatic carbocycles. The van der Waals surface area contributed by atoms with Crippen molar-refractivity contribution in [2.24, 2.45) is 0 Å². The third-order valence-electron chi connectivity index (χ3n) is 2.37. The molecule has 0 saturated carbocycles. The molecule has 0 amide bonds. The molecular weight excluding hydrogens is 204 g/mol. The van der Waals surface area contributed by atoms with Gasteiger partial charge in [0.2, 0.25) is 0 Å². The Labute approximate surface area is 93.6 Å². The minimum absolute atomic E-state index is 0.188. The Morgan fingerprint density at radius 2 is 2.44 bits per heavy atom. The Bertz CT molecular complexity index is 490. The van der Waals surface area contributed by atoms with Gasteiger partial charge >= 0.3 is 5.97 Å². The van der Waals surface area contributed by atoms with Crippen molar-refractivity contribution in [3.8, 4) is 5.75 Å².